The average Bonchev–Trinajstić information content (AvgIpc) is 2.91. The van der Waals surface area contributed by atoms with Gasteiger partial charge >= 0.3 is 5.97 Å². The molecule has 2 heterocycles. The van der Waals surface area contributed by atoms with Crippen LogP contribution in [0.2, 0.25) is 5.15 Å². The molecule has 0 aliphatic rings. The summed E-state index contributed by atoms with van der Waals surface area (Å²) in [5.41, 5.74) is 1.69. The molecule has 21 heavy (non-hydrogen) atoms. The molecule has 7 heteroatoms. The lowest BCUT2D eigenvalue weighted by Crippen LogP contribution is -2.07. The van der Waals surface area contributed by atoms with Crippen molar-refractivity contribution in [1.82, 2.24) is 14.8 Å². The van der Waals surface area contributed by atoms with Crippen LogP contribution in [0, 0.1) is 0 Å². The van der Waals surface area contributed by atoms with Gasteiger partial charge < -0.3 is 9.47 Å². The zero-order valence-corrected chi connectivity index (χ0v) is 12.8. The molecule has 0 aliphatic heterocycles. The Balaban J connectivity index is 2.50. The minimum Gasteiger partial charge on any atom is -0.496 e. The number of rotatable bonds is 5. The van der Waals surface area contributed by atoms with E-state index < -0.39 is 5.97 Å². The van der Waals surface area contributed by atoms with E-state index in [0.717, 1.165) is 5.69 Å². The predicted molar refractivity (Wildman–Crippen MR) is 78.7 cm³/mol. The van der Waals surface area contributed by atoms with E-state index >= 15 is 0 Å². The zero-order chi connectivity index (χ0) is 15.4. The van der Waals surface area contributed by atoms with Crippen LogP contribution >= 0.6 is 11.6 Å². The molecule has 0 radical (unpaired) electrons. The number of ether oxygens (including phenoxy) is 2. The Morgan fingerprint density at radius 1 is 1.38 bits per heavy atom. The summed E-state index contributed by atoms with van der Waals surface area (Å²) in [7, 11) is 1.55. The van der Waals surface area contributed by atoms with Crippen molar-refractivity contribution in [1.29, 1.82) is 0 Å². The highest BCUT2D eigenvalue weighted by Gasteiger charge is 2.18. The zero-order valence-electron chi connectivity index (χ0n) is 12.1. The lowest BCUT2D eigenvalue weighted by Gasteiger charge is -2.09. The fourth-order valence-electron chi connectivity index (χ4n) is 1.95. The largest absolute Gasteiger partial charge is 0.496 e. The summed E-state index contributed by atoms with van der Waals surface area (Å²) in [5.74, 6) is 0.117. The summed E-state index contributed by atoms with van der Waals surface area (Å²) < 4.78 is 12.0. The van der Waals surface area contributed by atoms with E-state index in [1.165, 1.54) is 0 Å². The second-order valence-electron chi connectivity index (χ2n) is 4.16. The molecule has 0 unspecified atom stereocenters. The molecule has 0 fully saturated rings. The van der Waals surface area contributed by atoms with E-state index in [1.807, 2.05) is 6.92 Å². The van der Waals surface area contributed by atoms with Crippen molar-refractivity contribution in [2.45, 2.75) is 20.4 Å². The van der Waals surface area contributed by atoms with Gasteiger partial charge in [-0.1, -0.05) is 11.6 Å². The second-order valence-corrected chi connectivity index (χ2v) is 4.55. The molecule has 0 amide bonds. The Labute approximate surface area is 127 Å². The maximum absolute atomic E-state index is 11.8. The summed E-state index contributed by atoms with van der Waals surface area (Å²) >= 11 is 5.87. The van der Waals surface area contributed by atoms with Crippen molar-refractivity contribution in [2.24, 2.45) is 0 Å². The number of hydrogen-bond acceptors (Lipinski definition) is 5. The molecule has 6 nitrogen and oxygen atoms in total. The van der Waals surface area contributed by atoms with E-state index in [1.54, 1.807) is 37.0 Å². The summed E-state index contributed by atoms with van der Waals surface area (Å²) in [5, 5.41) is 4.58. The van der Waals surface area contributed by atoms with Crippen molar-refractivity contribution in [3.63, 3.8) is 0 Å². The van der Waals surface area contributed by atoms with Gasteiger partial charge in [-0.3, -0.25) is 4.68 Å². The molecule has 0 aliphatic carbocycles. The van der Waals surface area contributed by atoms with E-state index in [2.05, 4.69) is 10.1 Å². The number of hydrogen-bond donors (Lipinski definition) is 0. The fraction of sp³-hybridized carbons (Fsp3) is 0.357. The number of aryl methyl sites for hydroxylation is 1. The molecule has 0 saturated carbocycles. The Kier molecular flexibility index (Phi) is 4.80. The minimum absolute atomic E-state index is 0.255. The van der Waals surface area contributed by atoms with Gasteiger partial charge in [0.05, 0.1) is 25.0 Å². The lowest BCUT2D eigenvalue weighted by molar-refractivity contribution is 0.0518. The first-order chi connectivity index (χ1) is 10.1. The van der Waals surface area contributed by atoms with Gasteiger partial charge in [-0.15, -0.1) is 0 Å². The maximum atomic E-state index is 11.8. The number of carbonyl (C=O) groups is 1. The molecule has 0 bridgehead atoms. The summed E-state index contributed by atoms with van der Waals surface area (Å²) in [6.07, 6.45) is 1.60. The summed E-state index contributed by atoms with van der Waals surface area (Å²) in [6.45, 7) is 4.59. The number of halogens is 1. The quantitative estimate of drug-likeness (QED) is 0.627. The molecule has 112 valence electrons. The molecule has 0 spiro atoms. The number of nitrogens with zero attached hydrogens (tertiary/aromatic N) is 3. The second kappa shape index (κ2) is 6.58. The van der Waals surface area contributed by atoms with Gasteiger partial charge in [0.1, 0.15) is 10.9 Å². The Morgan fingerprint density at radius 3 is 2.76 bits per heavy atom. The predicted octanol–water partition coefficient (Wildman–Crippen LogP) is 2.80. The Hall–Kier alpha value is -2.08. The van der Waals surface area contributed by atoms with Gasteiger partial charge in [-0.25, -0.2) is 9.78 Å². The standard InChI is InChI=1S/C14H16ClN3O3/c1-4-18-11(6-10(17-18)14(19)21-5-2)9-8-16-13(15)7-12(9)20-3/h6-8H,4-5H2,1-3H3. The topological polar surface area (TPSA) is 66.2 Å². The van der Waals surface area contributed by atoms with Crippen LogP contribution in [-0.4, -0.2) is 34.5 Å². The highest BCUT2D eigenvalue weighted by molar-refractivity contribution is 6.29. The molecule has 0 aromatic carbocycles. The van der Waals surface area contributed by atoms with E-state index in [0.29, 0.717) is 29.6 Å². The first-order valence-corrected chi connectivity index (χ1v) is 6.93. The van der Waals surface area contributed by atoms with Gasteiger partial charge in [0.2, 0.25) is 0 Å². The number of pyridine rings is 1. The Bertz CT molecular complexity index is 655. The van der Waals surface area contributed by atoms with Crippen LogP contribution in [0.4, 0.5) is 0 Å². The SMILES string of the molecule is CCOC(=O)c1cc(-c2cnc(Cl)cc2OC)n(CC)n1. The number of esters is 1. The molecule has 2 aromatic rings. The van der Waals surface area contributed by atoms with Gasteiger partial charge in [-0.2, -0.15) is 5.10 Å². The molecule has 0 atom stereocenters. The van der Waals surface area contributed by atoms with Crippen LogP contribution < -0.4 is 4.74 Å². The molecule has 0 saturated heterocycles. The third-order valence-corrected chi connectivity index (χ3v) is 3.10. The van der Waals surface area contributed by atoms with Crippen LogP contribution in [0.1, 0.15) is 24.3 Å². The molecule has 2 aromatic heterocycles. The first kappa shape index (κ1) is 15.3. The van der Waals surface area contributed by atoms with Crippen LogP contribution in [0.3, 0.4) is 0 Å². The summed E-state index contributed by atoms with van der Waals surface area (Å²) in [6, 6.07) is 3.28. The summed E-state index contributed by atoms with van der Waals surface area (Å²) in [4.78, 5) is 15.9. The molecular weight excluding hydrogens is 294 g/mol. The number of methoxy groups -OCH3 is 1. The smallest absolute Gasteiger partial charge is 0.358 e. The van der Waals surface area contributed by atoms with E-state index in [9.17, 15) is 4.79 Å². The van der Waals surface area contributed by atoms with Crippen LogP contribution in [-0.2, 0) is 11.3 Å². The van der Waals surface area contributed by atoms with Crippen molar-refractivity contribution in [2.75, 3.05) is 13.7 Å². The van der Waals surface area contributed by atoms with E-state index in [-0.39, 0.29) is 5.69 Å². The van der Waals surface area contributed by atoms with Crippen molar-refractivity contribution < 1.29 is 14.3 Å². The van der Waals surface area contributed by atoms with Crippen molar-refractivity contribution in [3.8, 4) is 17.0 Å². The Morgan fingerprint density at radius 2 is 2.14 bits per heavy atom. The van der Waals surface area contributed by atoms with Crippen molar-refractivity contribution in [3.05, 3.63) is 29.2 Å². The monoisotopic (exact) mass is 309 g/mol. The van der Waals surface area contributed by atoms with Crippen LogP contribution in [0.15, 0.2) is 18.3 Å². The van der Waals surface area contributed by atoms with Crippen LogP contribution in [0.5, 0.6) is 5.75 Å². The maximum Gasteiger partial charge on any atom is 0.358 e. The van der Waals surface area contributed by atoms with Crippen molar-refractivity contribution >= 4 is 17.6 Å². The molecule has 2 rings (SSSR count). The van der Waals surface area contributed by atoms with Gasteiger partial charge in [0.25, 0.3) is 0 Å². The number of aromatic nitrogens is 3. The molecular formula is C14H16ClN3O3. The third kappa shape index (κ3) is 3.16. The highest BCUT2D eigenvalue weighted by atomic mass is 35.5. The minimum atomic E-state index is -0.452. The lowest BCUT2D eigenvalue weighted by atomic mass is 10.2. The van der Waals surface area contributed by atoms with Gasteiger partial charge in [0, 0.05) is 18.8 Å². The molecule has 0 N–H and O–H groups in total. The number of carbonyl (C=O) groups excluding carboxylic acids is 1. The van der Waals surface area contributed by atoms with Gasteiger partial charge in [0.15, 0.2) is 5.69 Å². The highest BCUT2D eigenvalue weighted by Crippen LogP contribution is 2.31. The van der Waals surface area contributed by atoms with Crippen LogP contribution in [0.25, 0.3) is 11.3 Å². The average molecular weight is 310 g/mol. The van der Waals surface area contributed by atoms with Gasteiger partial charge in [-0.05, 0) is 19.9 Å². The fourth-order valence-corrected chi connectivity index (χ4v) is 2.10. The third-order valence-electron chi connectivity index (χ3n) is 2.89. The van der Waals surface area contributed by atoms with E-state index in [4.69, 9.17) is 21.1 Å². The first-order valence-electron chi connectivity index (χ1n) is 6.55. The normalized spacial score (nSPS) is 10.5.